The van der Waals surface area contributed by atoms with Crippen LogP contribution in [0.2, 0.25) is 0 Å². The first-order valence-corrected chi connectivity index (χ1v) is 9.77. The Morgan fingerprint density at radius 3 is 2.00 bits per heavy atom. The highest BCUT2D eigenvalue weighted by Gasteiger charge is 2.25. The quantitative estimate of drug-likeness (QED) is 0.709. The van der Waals surface area contributed by atoms with Crippen LogP contribution < -0.4 is 9.80 Å². The summed E-state index contributed by atoms with van der Waals surface area (Å²) in [5.41, 5.74) is 0.335. The van der Waals surface area contributed by atoms with Gasteiger partial charge in [0.25, 0.3) is 5.91 Å². The third-order valence-corrected chi connectivity index (χ3v) is 5.32. The van der Waals surface area contributed by atoms with Gasteiger partial charge in [-0.05, 0) is 18.2 Å². The summed E-state index contributed by atoms with van der Waals surface area (Å²) in [6.07, 6.45) is 3.49. The van der Waals surface area contributed by atoms with Crippen molar-refractivity contribution in [3.63, 3.8) is 0 Å². The molecule has 2 amide bonds. The molecule has 0 saturated carbocycles. The average Bonchev–Trinajstić information content (AvgIpc) is 2.79. The minimum atomic E-state index is -0.140. The van der Waals surface area contributed by atoms with Gasteiger partial charge in [-0.15, -0.1) is 10.2 Å². The van der Waals surface area contributed by atoms with Crippen LogP contribution in [-0.4, -0.2) is 94.1 Å². The summed E-state index contributed by atoms with van der Waals surface area (Å²) >= 11 is 0. The molecule has 2 fully saturated rings. The van der Waals surface area contributed by atoms with Gasteiger partial charge < -0.3 is 19.6 Å². The number of amides is 2. The highest BCUT2D eigenvalue weighted by Crippen LogP contribution is 2.16. The van der Waals surface area contributed by atoms with E-state index in [1.807, 2.05) is 6.07 Å². The molecule has 0 bridgehead atoms. The molecule has 0 radical (unpaired) electrons. The molecule has 0 aromatic carbocycles. The highest BCUT2D eigenvalue weighted by atomic mass is 16.2. The van der Waals surface area contributed by atoms with Crippen molar-refractivity contribution in [2.75, 3.05) is 62.2 Å². The molecule has 0 spiro atoms. The third-order valence-electron chi connectivity index (χ3n) is 5.32. The lowest BCUT2D eigenvalue weighted by Crippen LogP contribution is -2.50. The zero-order valence-electron chi connectivity index (χ0n) is 16.4. The minimum absolute atomic E-state index is 0.0418. The predicted octanol–water partition coefficient (Wildman–Crippen LogP) is -0.102. The Morgan fingerprint density at radius 2 is 1.41 bits per heavy atom. The molecule has 10 nitrogen and oxygen atoms in total. The molecule has 0 N–H and O–H groups in total. The van der Waals surface area contributed by atoms with Crippen molar-refractivity contribution in [3.05, 3.63) is 36.3 Å². The van der Waals surface area contributed by atoms with Gasteiger partial charge in [-0.2, -0.15) is 0 Å². The summed E-state index contributed by atoms with van der Waals surface area (Å²) in [6.45, 7) is 6.87. The first-order chi connectivity index (χ1) is 14.1. The van der Waals surface area contributed by atoms with E-state index in [4.69, 9.17) is 0 Å². The highest BCUT2D eigenvalue weighted by molar-refractivity contribution is 5.92. The molecule has 4 rings (SSSR count). The average molecular weight is 396 g/mol. The van der Waals surface area contributed by atoms with E-state index in [9.17, 15) is 9.59 Å². The van der Waals surface area contributed by atoms with Gasteiger partial charge in [0, 0.05) is 71.7 Å². The van der Waals surface area contributed by atoms with Crippen molar-refractivity contribution in [3.8, 4) is 0 Å². The number of piperazine rings is 2. The summed E-state index contributed by atoms with van der Waals surface area (Å²) in [7, 11) is 0. The molecule has 2 aliphatic rings. The second-order valence-corrected chi connectivity index (χ2v) is 7.10. The zero-order valence-corrected chi connectivity index (χ0v) is 16.4. The normalized spacial score (nSPS) is 17.4. The Balaban J connectivity index is 1.33. The van der Waals surface area contributed by atoms with Crippen molar-refractivity contribution in [2.45, 2.75) is 6.92 Å². The fourth-order valence-corrected chi connectivity index (χ4v) is 3.58. The van der Waals surface area contributed by atoms with Gasteiger partial charge in [-0.3, -0.25) is 9.59 Å². The maximum atomic E-state index is 12.6. The largest absolute Gasteiger partial charge is 0.352 e. The Morgan fingerprint density at radius 1 is 0.793 bits per heavy atom. The van der Waals surface area contributed by atoms with Crippen LogP contribution in [-0.2, 0) is 4.79 Å². The summed E-state index contributed by atoms with van der Waals surface area (Å²) < 4.78 is 0. The van der Waals surface area contributed by atoms with Crippen LogP contribution in [0.5, 0.6) is 0 Å². The summed E-state index contributed by atoms with van der Waals surface area (Å²) in [6, 6.07) is 5.39. The van der Waals surface area contributed by atoms with Gasteiger partial charge in [0.2, 0.25) is 11.9 Å². The van der Waals surface area contributed by atoms with Crippen LogP contribution in [0.25, 0.3) is 0 Å². The van der Waals surface area contributed by atoms with E-state index < -0.39 is 0 Å². The monoisotopic (exact) mass is 396 g/mol. The second kappa shape index (κ2) is 8.38. The minimum Gasteiger partial charge on any atom is -0.352 e. The smallest absolute Gasteiger partial charge is 0.274 e. The Kier molecular flexibility index (Phi) is 5.50. The van der Waals surface area contributed by atoms with Crippen LogP contribution in [0.4, 0.5) is 11.8 Å². The molecule has 29 heavy (non-hydrogen) atoms. The molecule has 0 aliphatic carbocycles. The number of hydrogen-bond donors (Lipinski definition) is 0. The lowest BCUT2D eigenvalue weighted by atomic mass is 10.2. The van der Waals surface area contributed by atoms with Crippen LogP contribution in [0.3, 0.4) is 0 Å². The summed E-state index contributed by atoms with van der Waals surface area (Å²) in [5, 5.41) is 8.43. The summed E-state index contributed by atoms with van der Waals surface area (Å²) in [5.74, 6) is 1.40. The maximum Gasteiger partial charge on any atom is 0.274 e. The Labute approximate surface area is 169 Å². The maximum absolute atomic E-state index is 12.6. The van der Waals surface area contributed by atoms with Gasteiger partial charge in [0.05, 0.1) is 0 Å². The lowest BCUT2D eigenvalue weighted by molar-refractivity contribution is -0.130. The van der Waals surface area contributed by atoms with Crippen molar-refractivity contribution in [2.24, 2.45) is 0 Å². The van der Waals surface area contributed by atoms with Crippen LogP contribution in [0.15, 0.2) is 30.6 Å². The number of carbonyl (C=O) groups is 2. The van der Waals surface area contributed by atoms with Crippen molar-refractivity contribution < 1.29 is 9.59 Å². The van der Waals surface area contributed by atoms with E-state index in [2.05, 4.69) is 30.0 Å². The molecule has 2 saturated heterocycles. The van der Waals surface area contributed by atoms with Gasteiger partial charge in [0.15, 0.2) is 11.5 Å². The molecule has 0 unspecified atom stereocenters. The van der Waals surface area contributed by atoms with Gasteiger partial charge in [-0.25, -0.2) is 9.97 Å². The standard InChI is InChI=1S/C19H24N8O2/c1-15(28)24-7-11-26(12-8-24)18(29)16-3-4-17(23-22-16)25-9-13-27(14-10-25)19-20-5-2-6-21-19/h2-6H,7-14H2,1H3. The zero-order chi connectivity index (χ0) is 20.2. The number of rotatable bonds is 3. The van der Waals surface area contributed by atoms with Crippen molar-refractivity contribution >= 4 is 23.6 Å². The van der Waals surface area contributed by atoms with E-state index in [0.29, 0.717) is 31.9 Å². The Hall–Kier alpha value is -3.30. The van der Waals surface area contributed by atoms with E-state index in [0.717, 1.165) is 37.9 Å². The van der Waals surface area contributed by atoms with Gasteiger partial charge in [-0.1, -0.05) is 0 Å². The fourth-order valence-electron chi connectivity index (χ4n) is 3.58. The molecule has 2 aromatic heterocycles. The van der Waals surface area contributed by atoms with Crippen molar-refractivity contribution in [1.82, 2.24) is 30.0 Å². The van der Waals surface area contributed by atoms with E-state index >= 15 is 0 Å². The van der Waals surface area contributed by atoms with E-state index in [1.165, 1.54) is 0 Å². The molecular formula is C19H24N8O2. The number of nitrogens with zero attached hydrogens (tertiary/aromatic N) is 8. The van der Waals surface area contributed by atoms with Crippen LogP contribution in [0, 0.1) is 0 Å². The second-order valence-electron chi connectivity index (χ2n) is 7.10. The fraction of sp³-hybridized carbons (Fsp3) is 0.474. The lowest BCUT2D eigenvalue weighted by Gasteiger charge is -2.35. The first kappa shape index (κ1) is 19.0. The number of hydrogen-bond acceptors (Lipinski definition) is 8. The topological polar surface area (TPSA) is 98.7 Å². The number of anilines is 2. The molecule has 4 heterocycles. The Bertz CT molecular complexity index is 844. The SMILES string of the molecule is CC(=O)N1CCN(C(=O)c2ccc(N3CCN(c4ncccn4)CC3)nn2)CC1. The van der Waals surface area contributed by atoms with Gasteiger partial charge in [0.1, 0.15) is 0 Å². The van der Waals surface area contributed by atoms with E-state index in [-0.39, 0.29) is 11.8 Å². The number of aromatic nitrogens is 4. The molecule has 10 heteroatoms. The summed E-state index contributed by atoms with van der Waals surface area (Å²) in [4.78, 5) is 40.4. The van der Waals surface area contributed by atoms with Crippen LogP contribution in [0.1, 0.15) is 17.4 Å². The molecule has 0 atom stereocenters. The molecular weight excluding hydrogens is 372 g/mol. The predicted molar refractivity (Wildman–Crippen MR) is 107 cm³/mol. The number of carbonyl (C=O) groups excluding carboxylic acids is 2. The van der Waals surface area contributed by atoms with Crippen LogP contribution >= 0.6 is 0 Å². The van der Waals surface area contributed by atoms with E-state index in [1.54, 1.807) is 41.2 Å². The molecule has 152 valence electrons. The van der Waals surface area contributed by atoms with Gasteiger partial charge >= 0.3 is 0 Å². The molecule has 2 aliphatic heterocycles. The third kappa shape index (κ3) is 4.25. The molecule has 2 aromatic rings. The first-order valence-electron chi connectivity index (χ1n) is 9.77. The van der Waals surface area contributed by atoms with Crippen molar-refractivity contribution in [1.29, 1.82) is 0 Å².